The summed E-state index contributed by atoms with van der Waals surface area (Å²) in [4.78, 5) is 2.55. The Labute approximate surface area is 143 Å². The average molecular weight is 336 g/mol. The minimum absolute atomic E-state index is 0.512. The highest BCUT2D eigenvalue weighted by Crippen LogP contribution is 2.26. The minimum Gasteiger partial charge on any atom is -0.294 e. The predicted octanol–water partition coefficient (Wildman–Crippen LogP) is 3.25. The van der Waals surface area contributed by atoms with Crippen LogP contribution in [0, 0.1) is 20.8 Å². The zero-order valence-corrected chi connectivity index (χ0v) is 15.3. The molecule has 0 radical (unpaired) electrons. The fourth-order valence-corrected chi connectivity index (χ4v) is 3.83. The number of likely N-dealkylation sites (tertiary alicyclic amines) is 1. The van der Waals surface area contributed by atoms with Crippen molar-refractivity contribution in [2.24, 2.45) is 7.05 Å². The molecule has 23 heavy (non-hydrogen) atoms. The van der Waals surface area contributed by atoms with Gasteiger partial charge in [0.1, 0.15) is 5.15 Å². The zero-order valence-electron chi connectivity index (χ0n) is 14.5. The lowest BCUT2D eigenvalue weighted by Gasteiger charge is -2.35. The molecule has 6 heteroatoms. The molecule has 0 bridgehead atoms. The van der Waals surface area contributed by atoms with E-state index in [0.29, 0.717) is 6.04 Å². The van der Waals surface area contributed by atoms with Crippen LogP contribution in [-0.4, -0.2) is 37.0 Å². The van der Waals surface area contributed by atoms with Crippen LogP contribution in [-0.2, 0) is 20.1 Å². The number of hydrogen-bond acceptors (Lipinski definition) is 3. The quantitative estimate of drug-likeness (QED) is 0.861. The standard InChI is InChI=1S/C17H26ClN5/c1-12-9-13(2)23(19-12)10-15-7-5-6-8-22(15)11-16-14(3)20-21(4)17(16)18/h9,15H,5-8,10-11H2,1-4H3/t15-/m0/s1. The molecule has 0 aromatic carbocycles. The van der Waals surface area contributed by atoms with Crippen LogP contribution in [0.15, 0.2) is 6.07 Å². The molecule has 1 aliphatic rings. The topological polar surface area (TPSA) is 38.9 Å². The number of aryl methyl sites for hydroxylation is 4. The third-order valence-electron chi connectivity index (χ3n) is 4.87. The van der Waals surface area contributed by atoms with Gasteiger partial charge in [-0.3, -0.25) is 14.3 Å². The zero-order chi connectivity index (χ0) is 16.6. The van der Waals surface area contributed by atoms with Gasteiger partial charge in [0.15, 0.2) is 0 Å². The van der Waals surface area contributed by atoms with Crippen molar-refractivity contribution in [1.82, 2.24) is 24.5 Å². The molecular formula is C17H26ClN5. The molecule has 1 atom stereocenters. The summed E-state index contributed by atoms with van der Waals surface area (Å²) in [7, 11) is 1.91. The van der Waals surface area contributed by atoms with Crippen LogP contribution < -0.4 is 0 Å². The van der Waals surface area contributed by atoms with Crippen molar-refractivity contribution < 1.29 is 0 Å². The Kier molecular flexibility index (Phi) is 4.78. The van der Waals surface area contributed by atoms with E-state index in [2.05, 4.69) is 39.7 Å². The van der Waals surface area contributed by atoms with Crippen molar-refractivity contribution >= 4 is 11.6 Å². The normalized spacial score (nSPS) is 19.4. The molecule has 2 aromatic heterocycles. The first-order valence-electron chi connectivity index (χ1n) is 8.38. The summed E-state index contributed by atoms with van der Waals surface area (Å²) >= 11 is 6.43. The van der Waals surface area contributed by atoms with Gasteiger partial charge in [-0.1, -0.05) is 18.0 Å². The van der Waals surface area contributed by atoms with Crippen LogP contribution >= 0.6 is 11.6 Å². The fourth-order valence-electron chi connectivity index (χ4n) is 3.59. The second-order valence-electron chi connectivity index (χ2n) is 6.71. The summed E-state index contributed by atoms with van der Waals surface area (Å²) in [5, 5.41) is 9.84. The molecule has 1 fully saturated rings. The Balaban J connectivity index is 1.77. The largest absolute Gasteiger partial charge is 0.294 e. The Morgan fingerprint density at radius 1 is 1.22 bits per heavy atom. The van der Waals surface area contributed by atoms with Crippen molar-refractivity contribution in [2.75, 3.05) is 6.54 Å². The molecule has 0 aliphatic carbocycles. The second kappa shape index (κ2) is 6.65. The Bertz CT molecular complexity index is 687. The second-order valence-corrected chi connectivity index (χ2v) is 7.07. The molecule has 3 rings (SSSR count). The Morgan fingerprint density at radius 2 is 2.00 bits per heavy atom. The molecule has 0 spiro atoms. The maximum Gasteiger partial charge on any atom is 0.131 e. The van der Waals surface area contributed by atoms with Crippen LogP contribution in [0.1, 0.15) is 41.9 Å². The lowest BCUT2D eigenvalue weighted by atomic mass is 10.0. The van der Waals surface area contributed by atoms with E-state index in [9.17, 15) is 0 Å². The molecule has 3 heterocycles. The van der Waals surface area contributed by atoms with Gasteiger partial charge < -0.3 is 0 Å². The number of hydrogen-bond donors (Lipinski definition) is 0. The number of rotatable bonds is 4. The van der Waals surface area contributed by atoms with Crippen molar-refractivity contribution in [1.29, 1.82) is 0 Å². The first-order chi connectivity index (χ1) is 11.0. The van der Waals surface area contributed by atoms with E-state index in [-0.39, 0.29) is 0 Å². The van der Waals surface area contributed by atoms with E-state index in [4.69, 9.17) is 11.6 Å². The predicted molar refractivity (Wildman–Crippen MR) is 92.7 cm³/mol. The lowest BCUT2D eigenvalue weighted by molar-refractivity contribution is 0.121. The maximum atomic E-state index is 6.43. The molecule has 0 saturated carbocycles. The molecule has 126 valence electrons. The van der Waals surface area contributed by atoms with Gasteiger partial charge in [0, 0.05) is 30.9 Å². The van der Waals surface area contributed by atoms with Gasteiger partial charge in [0.25, 0.3) is 0 Å². The molecular weight excluding hydrogens is 310 g/mol. The number of aromatic nitrogens is 4. The van der Waals surface area contributed by atoms with Gasteiger partial charge in [0.2, 0.25) is 0 Å². The molecule has 2 aromatic rings. The highest BCUT2D eigenvalue weighted by molar-refractivity contribution is 6.30. The summed E-state index contributed by atoms with van der Waals surface area (Å²) in [6.07, 6.45) is 3.76. The molecule has 5 nitrogen and oxygen atoms in total. The van der Waals surface area contributed by atoms with Gasteiger partial charge in [-0.15, -0.1) is 0 Å². The summed E-state index contributed by atoms with van der Waals surface area (Å²) in [5.41, 5.74) is 4.53. The van der Waals surface area contributed by atoms with E-state index < -0.39 is 0 Å². The van der Waals surface area contributed by atoms with Crippen LogP contribution in [0.25, 0.3) is 0 Å². The molecule has 0 unspecified atom stereocenters. The Morgan fingerprint density at radius 3 is 2.61 bits per heavy atom. The van der Waals surface area contributed by atoms with Crippen molar-refractivity contribution in [2.45, 2.75) is 59.2 Å². The van der Waals surface area contributed by atoms with Crippen molar-refractivity contribution in [3.05, 3.63) is 33.9 Å². The minimum atomic E-state index is 0.512. The van der Waals surface area contributed by atoms with E-state index in [1.165, 1.54) is 25.0 Å². The van der Waals surface area contributed by atoms with Gasteiger partial charge >= 0.3 is 0 Å². The van der Waals surface area contributed by atoms with E-state index in [1.807, 2.05) is 14.0 Å². The monoisotopic (exact) mass is 335 g/mol. The number of halogens is 1. The lowest BCUT2D eigenvalue weighted by Crippen LogP contribution is -2.42. The van der Waals surface area contributed by atoms with Crippen LogP contribution in [0.4, 0.5) is 0 Å². The maximum absolute atomic E-state index is 6.43. The van der Waals surface area contributed by atoms with Crippen LogP contribution in [0.2, 0.25) is 5.15 Å². The van der Waals surface area contributed by atoms with Gasteiger partial charge in [0.05, 0.1) is 17.9 Å². The fraction of sp³-hybridized carbons (Fsp3) is 0.647. The summed E-state index contributed by atoms with van der Waals surface area (Å²) in [5.74, 6) is 0. The summed E-state index contributed by atoms with van der Waals surface area (Å²) in [6, 6.07) is 2.66. The molecule has 0 N–H and O–H groups in total. The highest BCUT2D eigenvalue weighted by atomic mass is 35.5. The SMILES string of the molecule is Cc1cc(C)n(C[C@@H]2CCCCN2Cc2c(C)nn(C)c2Cl)n1. The molecule has 0 amide bonds. The summed E-state index contributed by atoms with van der Waals surface area (Å²) in [6.45, 7) is 9.19. The average Bonchev–Trinajstić information content (AvgIpc) is 2.94. The first kappa shape index (κ1) is 16.5. The highest BCUT2D eigenvalue weighted by Gasteiger charge is 2.26. The number of nitrogens with zero attached hydrogens (tertiary/aromatic N) is 5. The Hall–Kier alpha value is -1.33. The van der Waals surface area contributed by atoms with Crippen molar-refractivity contribution in [3.8, 4) is 0 Å². The third kappa shape index (κ3) is 3.45. The van der Waals surface area contributed by atoms with Gasteiger partial charge in [-0.05, 0) is 46.2 Å². The number of piperidine rings is 1. The summed E-state index contributed by atoms with van der Waals surface area (Å²) < 4.78 is 3.92. The third-order valence-corrected chi connectivity index (χ3v) is 5.34. The van der Waals surface area contributed by atoms with E-state index in [0.717, 1.165) is 41.7 Å². The first-order valence-corrected chi connectivity index (χ1v) is 8.76. The van der Waals surface area contributed by atoms with E-state index in [1.54, 1.807) is 4.68 Å². The van der Waals surface area contributed by atoms with Gasteiger partial charge in [-0.2, -0.15) is 10.2 Å². The molecule has 1 saturated heterocycles. The van der Waals surface area contributed by atoms with Crippen LogP contribution in [0.5, 0.6) is 0 Å². The van der Waals surface area contributed by atoms with E-state index >= 15 is 0 Å². The van der Waals surface area contributed by atoms with Crippen LogP contribution in [0.3, 0.4) is 0 Å². The molecule has 1 aliphatic heterocycles. The van der Waals surface area contributed by atoms with Crippen molar-refractivity contribution in [3.63, 3.8) is 0 Å². The smallest absolute Gasteiger partial charge is 0.131 e. The van der Waals surface area contributed by atoms with Gasteiger partial charge in [-0.25, -0.2) is 0 Å².